The van der Waals surface area contributed by atoms with Crippen molar-refractivity contribution in [3.63, 3.8) is 0 Å². The highest BCUT2D eigenvalue weighted by Crippen LogP contribution is 2.19. The minimum atomic E-state index is -0.730. The van der Waals surface area contributed by atoms with Gasteiger partial charge in [-0.05, 0) is 26.0 Å². The van der Waals surface area contributed by atoms with Gasteiger partial charge in [0, 0.05) is 22.6 Å². The number of aliphatic imine (C=N–C) groups is 2. The van der Waals surface area contributed by atoms with Gasteiger partial charge in [-0.3, -0.25) is 19.6 Å². The normalized spacial score (nSPS) is 15.5. The zero-order valence-electron chi connectivity index (χ0n) is 14.7. The predicted molar refractivity (Wildman–Crippen MR) is 104 cm³/mol. The number of fused-ring (bicyclic) bond motifs is 2. The number of anilines is 2. The van der Waals surface area contributed by atoms with Crippen LogP contribution in [0.15, 0.2) is 58.5 Å². The van der Waals surface area contributed by atoms with Crippen molar-refractivity contribution in [2.75, 3.05) is 23.7 Å². The number of carbonyl (C=O) groups excluding carboxylic acids is 2. The molecular weight excluding hydrogens is 328 g/mol. The monoisotopic (exact) mass is 348 g/mol. The van der Waals surface area contributed by atoms with Crippen molar-refractivity contribution >= 4 is 34.6 Å². The minimum absolute atomic E-state index is 0.542. The van der Waals surface area contributed by atoms with Crippen molar-refractivity contribution in [3.05, 3.63) is 59.7 Å². The first-order valence-electron chi connectivity index (χ1n) is 8.39. The molecule has 0 aromatic heterocycles. The molecule has 1 aliphatic rings. The third-order valence-corrected chi connectivity index (χ3v) is 4.13. The van der Waals surface area contributed by atoms with Gasteiger partial charge in [-0.15, -0.1) is 0 Å². The third-order valence-electron chi connectivity index (χ3n) is 4.13. The van der Waals surface area contributed by atoms with Crippen LogP contribution in [0, 0.1) is 0 Å². The largest absolute Gasteiger partial charge is 0.317 e. The van der Waals surface area contributed by atoms with Gasteiger partial charge in [0.2, 0.25) is 0 Å². The zero-order chi connectivity index (χ0) is 18.5. The summed E-state index contributed by atoms with van der Waals surface area (Å²) in [7, 11) is 0. The number of hydrogen-bond donors (Lipinski definition) is 2. The molecule has 1 heterocycles. The second-order valence-electron chi connectivity index (χ2n) is 5.93. The number of hydrogen-bond acceptors (Lipinski definition) is 4. The summed E-state index contributed by atoms with van der Waals surface area (Å²) in [6.07, 6.45) is 0. The molecule has 0 bridgehead atoms. The summed E-state index contributed by atoms with van der Waals surface area (Å²) in [5.74, 6) is -1.46. The first-order chi connectivity index (χ1) is 12.6. The Morgan fingerprint density at radius 3 is 1.50 bits per heavy atom. The maximum absolute atomic E-state index is 12.4. The van der Waals surface area contributed by atoms with Gasteiger partial charge in [-0.25, -0.2) is 0 Å². The Labute approximate surface area is 152 Å². The van der Waals surface area contributed by atoms with Gasteiger partial charge in [-0.2, -0.15) is 0 Å². The van der Waals surface area contributed by atoms with Gasteiger partial charge in [0.15, 0.2) is 0 Å². The lowest BCUT2D eigenvalue weighted by atomic mass is 10.1. The average Bonchev–Trinajstić information content (AvgIpc) is 2.65. The fraction of sp³-hybridized carbons (Fsp3) is 0.200. The molecule has 1 aliphatic heterocycles. The Kier molecular flexibility index (Phi) is 5.22. The molecule has 2 aromatic carbocycles. The summed E-state index contributed by atoms with van der Waals surface area (Å²) < 4.78 is 0. The van der Waals surface area contributed by atoms with E-state index in [1.165, 1.54) is 0 Å². The molecule has 0 spiro atoms. The Balaban J connectivity index is 2.03. The summed E-state index contributed by atoms with van der Waals surface area (Å²) in [6, 6.07) is 14.6. The molecule has 132 valence electrons. The Hall–Kier alpha value is -3.28. The number of para-hydroxylation sites is 2. The summed E-state index contributed by atoms with van der Waals surface area (Å²) in [5, 5.41) is 5.35. The highest BCUT2D eigenvalue weighted by molar-refractivity contribution is 6.44. The van der Waals surface area contributed by atoms with Crippen molar-refractivity contribution in [1.29, 1.82) is 0 Å². The van der Waals surface area contributed by atoms with E-state index in [4.69, 9.17) is 0 Å². The highest BCUT2D eigenvalue weighted by Gasteiger charge is 2.18. The molecule has 3 rings (SSSR count). The van der Waals surface area contributed by atoms with E-state index in [1.54, 1.807) is 24.3 Å². The molecule has 0 fully saturated rings. The van der Waals surface area contributed by atoms with Gasteiger partial charge >= 0.3 is 11.8 Å². The van der Waals surface area contributed by atoms with Crippen molar-refractivity contribution in [2.24, 2.45) is 9.98 Å². The summed E-state index contributed by atoms with van der Waals surface area (Å²) in [6.45, 7) is 4.84. The summed E-state index contributed by atoms with van der Waals surface area (Å²) in [4.78, 5) is 33.8. The number of nitrogens with one attached hydrogen (secondary N) is 2. The van der Waals surface area contributed by atoms with E-state index in [0.717, 1.165) is 22.6 Å². The lowest BCUT2D eigenvalue weighted by Gasteiger charge is -2.14. The molecule has 2 N–H and O–H groups in total. The second-order valence-corrected chi connectivity index (χ2v) is 5.93. The number of amides is 2. The first kappa shape index (κ1) is 17.5. The molecule has 2 aromatic rings. The van der Waals surface area contributed by atoms with Crippen LogP contribution in [0.2, 0.25) is 0 Å². The van der Waals surface area contributed by atoms with Crippen LogP contribution in [0.3, 0.4) is 0 Å². The molecule has 0 saturated heterocycles. The van der Waals surface area contributed by atoms with Crippen LogP contribution in [-0.4, -0.2) is 36.3 Å². The number of benzene rings is 2. The topological polar surface area (TPSA) is 82.9 Å². The highest BCUT2D eigenvalue weighted by atomic mass is 16.2. The van der Waals surface area contributed by atoms with Gasteiger partial charge in [-0.1, -0.05) is 36.4 Å². The van der Waals surface area contributed by atoms with Crippen LogP contribution in [0.4, 0.5) is 11.4 Å². The van der Waals surface area contributed by atoms with E-state index >= 15 is 0 Å². The molecule has 0 radical (unpaired) electrons. The van der Waals surface area contributed by atoms with Gasteiger partial charge in [0.25, 0.3) is 0 Å². The van der Waals surface area contributed by atoms with Crippen molar-refractivity contribution in [2.45, 2.75) is 13.8 Å². The molecule has 0 aliphatic carbocycles. The molecule has 6 heteroatoms. The van der Waals surface area contributed by atoms with Crippen LogP contribution < -0.4 is 10.6 Å². The molecule has 6 nitrogen and oxygen atoms in total. The number of rotatable bonds is 0. The van der Waals surface area contributed by atoms with Crippen LogP contribution in [0.1, 0.15) is 25.0 Å². The van der Waals surface area contributed by atoms with E-state index in [-0.39, 0.29) is 0 Å². The molecule has 0 atom stereocenters. The van der Waals surface area contributed by atoms with E-state index < -0.39 is 11.8 Å². The van der Waals surface area contributed by atoms with Crippen LogP contribution in [0.5, 0.6) is 0 Å². The van der Waals surface area contributed by atoms with E-state index in [0.29, 0.717) is 24.5 Å². The van der Waals surface area contributed by atoms with Crippen LogP contribution >= 0.6 is 0 Å². The number of nitrogens with zero attached hydrogens (tertiary/aromatic N) is 2. The smallest absolute Gasteiger partial charge is 0.314 e. The first-order valence-corrected chi connectivity index (χ1v) is 8.39. The maximum Gasteiger partial charge on any atom is 0.314 e. The Morgan fingerprint density at radius 1 is 0.692 bits per heavy atom. The second kappa shape index (κ2) is 7.74. The zero-order valence-corrected chi connectivity index (χ0v) is 14.7. The molecular formula is C20H20N4O2. The quantitative estimate of drug-likeness (QED) is 0.718. The Morgan fingerprint density at radius 2 is 1.08 bits per heavy atom. The number of carbonyl (C=O) groups is 2. The maximum atomic E-state index is 12.4. The van der Waals surface area contributed by atoms with Crippen molar-refractivity contribution < 1.29 is 9.59 Å². The van der Waals surface area contributed by atoms with Crippen LogP contribution in [-0.2, 0) is 9.59 Å². The standard InChI is InChI=1S/C20H20N4O2/c1-13-15-7-3-5-9-17(15)23-19(25)20(26)24-18-10-6-4-8-16(18)14(2)22-12-11-21-13/h3-10H,11-12H2,1-2H3,(H,23,25)(H,24,26). The molecule has 26 heavy (non-hydrogen) atoms. The minimum Gasteiger partial charge on any atom is -0.317 e. The summed E-state index contributed by atoms with van der Waals surface area (Å²) >= 11 is 0. The van der Waals surface area contributed by atoms with E-state index in [2.05, 4.69) is 20.6 Å². The van der Waals surface area contributed by atoms with Crippen LogP contribution in [0.25, 0.3) is 0 Å². The molecule has 2 amide bonds. The summed E-state index contributed by atoms with van der Waals surface area (Å²) in [5.41, 5.74) is 4.25. The molecule has 0 saturated carbocycles. The lowest BCUT2D eigenvalue weighted by Crippen LogP contribution is -2.30. The van der Waals surface area contributed by atoms with Crippen molar-refractivity contribution in [3.8, 4) is 0 Å². The van der Waals surface area contributed by atoms with Gasteiger partial charge in [0.05, 0.1) is 24.5 Å². The fourth-order valence-corrected chi connectivity index (χ4v) is 2.78. The predicted octanol–water partition coefficient (Wildman–Crippen LogP) is 2.90. The van der Waals surface area contributed by atoms with E-state index in [9.17, 15) is 9.59 Å². The Bertz CT molecular complexity index is 840. The van der Waals surface area contributed by atoms with E-state index in [1.807, 2.05) is 38.1 Å². The fourth-order valence-electron chi connectivity index (χ4n) is 2.78. The lowest BCUT2D eigenvalue weighted by molar-refractivity contribution is -0.133. The average molecular weight is 348 g/mol. The SMILES string of the molecule is CC1=NCCN=C(C)c2ccccc2NC(=O)C(=O)Nc2ccccc21. The molecule has 0 unspecified atom stereocenters. The van der Waals surface area contributed by atoms with Gasteiger partial charge < -0.3 is 10.6 Å². The third kappa shape index (κ3) is 3.85. The van der Waals surface area contributed by atoms with Gasteiger partial charge in [0.1, 0.15) is 0 Å². The van der Waals surface area contributed by atoms with Crippen molar-refractivity contribution in [1.82, 2.24) is 0 Å².